The molecule has 0 saturated heterocycles. The molecule has 156 valence electrons. The smallest absolute Gasteiger partial charge is 0.305 e. The van der Waals surface area contributed by atoms with Gasteiger partial charge in [0, 0.05) is 44.7 Å². The number of carbonyl (C=O) groups excluding carboxylic acids is 1. The fourth-order valence-corrected chi connectivity index (χ4v) is 2.78. The molecule has 0 aromatic carbocycles. The molecule has 0 aliphatic carbocycles. The van der Waals surface area contributed by atoms with Crippen LogP contribution in [0.25, 0.3) is 0 Å². The molecule has 0 heterocycles. The minimum Gasteiger partial charge on any atom is -0.469 e. The van der Waals surface area contributed by atoms with Gasteiger partial charge in [-0.05, 0) is 53.9 Å². The van der Waals surface area contributed by atoms with Crippen LogP contribution >= 0.6 is 24.0 Å². The summed E-state index contributed by atoms with van der Waals surface area (Å²) in [4.78, 5) is 18.2. The van der Waals surface area contributed by atoms with Crippen molar-refractivity contribution < 1.29 is 9.53 Å². The Hall–Kier alpha value is -0.570. The largest absolute Gasteiger partial charge is 0.469 e. The van der Waals surface area contributed by atoms with Crippen LogP contribution in [0.15, 0.2) is 4.99 Å². The molecule has 0 spiro atoms. The summed E-state index contributed by atoms with van der Waals surface area (Å²) in [5.41, 5.74) is 0. The summed E-state index contributed by atoms with van der Waals surface area (Å²) >= 11 is 0. The lowest BCUT2D eigenvalue weighted by Crippen LogP contribution is -2.39. The van der Waals surface area contributed by atoms with Crippen LogP contribution < -0.4 is 10.6 Å². The molecular weight excluding hydrogens is 443 g/mol. The van der Waals surface area contributed by atoms with E-state index in [2.05, 4.69) is 59.9 Å². The van der Waals surface area contributed by atoms with Crippen LogP contribution in [-0.4, -0.2) is 62.2 Å². The molecular formula is C19H41IN4O2. The highest BCUT2D eigenvalue weighted by Gasteiger charge is 2.12. The SMILES string of the molecule is CCNC(=NCCCN(C(C)C)C(C)C)NCCCCCC(=O)OC.I. The van der Waals surface area contributed by atoms with Gasteiger partial charge in [-0.1, -0.05) is 6.42 Å². The highest BCUT2D eigenvalue weighted by Crippen LogP contribution is 2.05. The number of esters is 1. The van der Waals surface area contributed by atoms with Gasteiger partial charge in [0.15, 0.2) is 5.96 Å². The molecule has 0 bridgehead atoms. The first kappa shape index (κ1) is 27.6. The summed E-state index contributed by atoms with van der Waals surface area (Å²) in [6, 6.07) is 1.14. The Kier molecular flexibility index (Phi) is 19.0. The second-order valence-corrected chi connectivity index (χ2v) is 6.85. The van der Waals surface area contributed by atoms with Gasteiger partial charge in [0.05, 0.1) is 7.11 Å². The van der Waals surface area contributed by atoms with E-state index < -0.39 is 0 Å². The molecule has 6 nitrogen and oxygen atoms in total. The number of nitrogens with zero attached hydrogens (tertiary/aromatic N) is 2. The first-order chi connectivity index (χ1) is 11.9. The predicted octanol–water partition coefficient (Wildman–Crippen LogP) is 3.40. The molecule has 0 aliphatic heterocycles. The maximum atomic E-state index is 11.0. The summed E-state index contributed by atoms with van der Waals surface area (Å²) in [7, 11) is 1.44. The van der Waals surface area contributed by atoms with E-state index in [1.807, 2.05) is 0 Å². The summed E-state index contributed by atoms with van der Waals surface area (Å²) in [5, 5.41) is 6.65. The van der Waals surface area contributed by atoms with Crippen LogP contribution in [0.1, 0.15) is 66.7 Å². The first-order valence-electron chi connectivity index (χ1n) is 9.77. The topological polar surface area (TPSA) is 66.0 Å². The Morgan fingerprint density at radius 2 is 1.69 bits per heavy atom. The van der Waals surface area contributed by atoms with Crippen molar-refractivity contribution in [2.24, 2.45) is 4.99 Å². The molecule has 0 aromatic heterocycles. The highest BCUT2D eigenvalue weighted by molar-refractivity contribution is 14.0. The number of nitrogens with one attached hydrogen (secondary N) is 2. The highest BCUT2D eigenvalue weighted by atomic mass is 127. The zero-order valence-corrected chi connectivity index (χ0v) is 20.0. The van der Waals surface area contributed by atoms with Crippen molar-refractivity contribution in [3.8, 4) is 0 Å². The van der Waals surface area contributed by atoms with Crippen molar-refractivity contribution in [3.05, 3.63) is 0 Å². The van der Waals surface area contributed by atoms with Crippen LogP contribution in [0, 0.1) is 0 Å². The summed E-state index contributed by atoms with van der Waals surface area (Å²) in [6.07, 6.45) is 4.48. The molecule has 0 amide bonds. The van der Waals surface area contributed by atoms with E-state index in [0.29, 0.717) is 18.5 Å². The Balaban J connectivity index is 0. The average molecular weight is 484 g/mol. The standard InChI is InChI=1S/C19H40N4O2.HI/c1-7-20-19(21-13-10-8-9-12-18(24)25-6)22-14-11-15-23(16(2)3)17(4)5;/h16-17H,7-15H2,1-6H3,(H2,20,21,22);1H. The monoisotopic (exact) mass is 484 g/mol. The molecule has 0 fully saturated rings. The van der Waals surface area contributed by atoms with E-state index in [-0.39, 0.29) is 29.9 Å². The van der Waals surface area contributed by atoms with Gasteiger partial charge in [0.25, 0.3) is 0 Å². The second kappa shape index (κ2) is 17.8. The molecule has 0 aliphatic rings. The molecule has 0 aromatic rings. The third kappa shape index (κ3) is 14.6. The maximum Gasteiger partial charge on any atom is 0.305 e. The Labute approximate surface area is 177 Å². The quantitative estimate of drug-likeness (QED) is 0.138. The lowest BCUT2D eigenvalue weighted by molar-refractivity contribution is -0.140. The van der Waals surface area contributed by atoms with Crippen molar-refractivity contribution in [3.63, 3.8) is 0 Å². The Bertz CT molecular complexity index is 369. The van der Waals surface area contributed by atoms with E-state index in [1.165, 1.54) is 7.11 Å². The zero-order chi connectivity index (χ0) is 19.1. The molecule has 0 rings (SSSR count). The van der Waals surface area contributed by atoms with Crippen molar-refractivity contribution in [2.75, 3.05) is 33.3 Å². The number of hydrogen-bond donors (Lipinski definition) is 2. The number of methoxy groups -OCH3 is 1. The minimum absolute atomic E-state index is 0. The van der Waals surface area contributed by atoms with Crippen molar-refractivity contribution >= 4 is 35.9 Å². The normalized spacial score (nSPS) is 11.7. The molecule has 0 radical (unpaired) electrons. The maximum absolute atomic E-state index is 11.0. The number of aliphatic imine (C=N–C) groups is 1. The van der Waals surface area contributed by atoms with Gasteiger partial charge in [-0.15, -0.1) is 24.0 Å². The zero-order valence-electron chi connectivity index (χ0n) is 17.6. The summed E-state index contributed by atoms with van der Waals surface area (Å²) in [6.45, 7) is 14.7. The third-order valence-electron chi connectivity index (χ3n) is 4.09. The van der Waals surface area contributed by atoms with E-state index in [4.69, 9.17) is 0 Å². The van der Waals surface area contributed by atoms with Crippen molar-refractivity contribution in [1.29, 1.82) is 0 Å². The number of unbranched alkanes of at least 4 members (excludes halogenated alkanes) is 2. The molecule has 7 heteroatoms. The predicted molar refractivity (Wildman–Crippen MR) is 121 cm³/mol. The van der Waals surface area contributed by atoms with Crippen LogP contribution in [0.4, 0.5) is 0 Å². The molecule has 26 heavy (non-hydrogen) atoms. The van der Waals surface area contributed by atoms with Gasteiger partial charge in [-0.2, -0.15) is 0 Å². The molecule has 0 unspecified atom stereocenters. The van der Waals surface area contributed by atoms with Gasteiger partial charge in [-0.25, -0.2) is 0 Å². The van der Waals surface area contributed by atoms with Crippen LogP contribution in [0.3, 0.4) is 0 Å². The molecule has 0 atom stereocenters. The number of carbonyl (C=O) groups is 1. The minimum atomic E-state index is -0.125. The van der Waals surface area contributed by atoms with Crippen molar-refractivity contribution in [1.82, 2.24) is 15.5 Å². The van der Waals surface area contributed by atoms with Crippen LogP contribution in [-0.2, 0) is 9.53 Å². The Morgan fingerprint density at radius 3 is 2.23 bits per heavy atom. The molecule has 0 saturated carbocycles. The van der Waals surface area contributed by atoms with E-state index in [9.17, 15) is 4.79 Å². The van der Waals surface area contributed by atoms with Crippen LogP contribution in [0.5, 0.6) is 0 Å². The van der Waals surface area contributed by atoms with Gasteiger partial charge < -0.3 is 15.4 Å². The first-order valence-corrected chi connectivity index (χ1v) is 9.77. The third-order valence-corrected chi connectivity index (χ3v) is 4.09. The second-order valence-electron chi connectivity index (χ2n) is 6.85. The number of hydrogen-bond acceptors (Lipinski definition) is 4. The average Bonchev–Trinajstić information content (AvgIpc) is 2.56. The lowest BCUT2D eigenvalue weighted by Gasteiger charge is -2.30. The fourth-order valence-electron chi connectivity index (χ4n) is 2.78. The molecule has 2 N–H and O–H groups in total. The van der Waals surface area contributed by atoms with E-state index in [0.717, 1.165) is 57.8 Å². The van der Waals surface area contributed by atoms with E-state index in [1.54, 1.807) is 0 Å². The van der Waals surface area contributed by atoms with E-state index >= 15 is 0 Å². The summed E-state index contributed by atoms with van der Waals surface area (Å²) in [5.74, 6) is 0.760. The number of guanidine groups is 1. The van der Waals surface area contributed by atoms with Crippen molar-refractivity contribution in [2.45, 2.75) is 78.8 Å². The number of halogens is 1. The van der Waals surface area contributed by atoms with Gasteiger partial charge >= 0.3 is 5.97 Å². The van der Waals surface area contributed by atoms with Gasteiger partial charge in [0.2, 0.25) is 0 Å². The fraction of sp³-hybridized carbons (Fsp3) is 0.895. The van der Waals surface area contributed by atoms with Gasteiger partial charge in [-0.3, -0.25) is 14.7 Å². The Morgan fingerprint density at radius 1 is 1.04 bits per heavy atom. The number of ether oxygens (including phenoxy) is 1. The number of rotatable bonds is 13. The summed E-state index contributed by atoms with van der Waals surface area (Å²) < 4.78 is 4.64. The lowest BCUT2D eigenvalue weighted by atomic mass is 10.2. The van der Waals surface area contributed by atoms with Gasteiger partial charge in [0.1, 0.15) is 0 Å². The van der Waals surface area contributed by atoms with Crippen LogP contribution in [0.2, 0.25) is 0 Å².